The second-order valence-electron chi connectivity index (χ2n) is 6.64. The van der Waals surface area contributed by atoms with Gasteiger partial charge in [-0.2, -0.15) is 13.2 Å². The molecule has 1 N–H and O–H groups in total. The summed E-state index contributed by atoms with van der Waals surface area (Å²) in [5, 5.41) is 9.01. The molecule has 0 radical (unpaired) electrons. The Kier molecular flexibility index (Phi) is 7.78. The lowest BCUT2D eigenvalue weighted by Gasteiger charge is -2.27. The molecular formula is C17H20ClF5N2O3. The number of hydrogen-bond acceptors (Lipinski definition) is 3. The summed E-state index contributed by atoms with van der Waals surface area (Å²) in [7, 11) is 1.39. The number of carbonyl (C=O) groups excluding carboxylic acids is 1. The van der Waals surface area contributed by atoms with Crippen molar-refractivity contribution >= 4 is 24.3 Å². The number of alkyl halides is 3. The zero-order valence-corrected chi connectivity index (χ0v) is 15.9. The lowest BCUT2D eigenvalue weighted by molar-refractivity contribution is -0.188. The molecule has 1 heterocycles. The third-order valence-electron chi connectivity index (χ3n) is 4.89. The summed E-state index contributed by atoms with van der Waals surface area (Å²) < 4.78 is 65.4. The van der Waals surface area contributed by atoms with Crippen molar-refractivity contribution in [2.24, 2.45) is 11.8 Å². The Hall–Kier alpha value is -1.94. The van der Waals surface area contributed by atoms with Crippen LogP contribution in [0.4, 0.5) is 22.0 Å². The fourth-order valence-electron chi connectivity index (χ4n) is 3.11. The first-order valence-corrected chi connectivity index (χ1v) is 8.14. The van der Waals surface area contributed by atoms with Crippen molar-refractivity contribution < 1.29 is 36.6 Å². The quantitative estimate of drug-likeness (QED) is 0.729. The van der Waals surface area contributed by atoms with Gasteiger partial charge in [0.1, 0.15) is 0 Å². The van der Waals surface area contributed by atoms with Gasteiger partial charge in [-0.3, -0.25) is 14.5 Å². The van der Waals surface area contributed by atoms with Crippen LogP contribution in [0.1, 0.15) is 18.5 Å². The summed E-state index contributed by atoms with van der Waals surface area (Å²) in [4.78, 5) is 25.8. The molecule has 0 aliphatic carbocycles. The van der Waals surface area contributed by atoms with E-state index in [1.54, 1.807) is 6.92 Å². The van der Waals surface area contributed by atoms with E-state index in [0.29, 0.717) is 5.56 Å². The van der Waals surface area contributed by atoms with E-state index < -0.39 is 67.2 Å². The van der Waals surface area contributed by atoms with Crippen LogP contribution in [-0.2, 0) is 9.59 Å². The first-order chi connectivity index (χ1) is 12.4. The number of likely N-dealkylation sites (N-methyl/N-ethyl adjacent to an activating group) is 1. The fourth-order valence-corrected chi connectivity index (χ4v) is 3.11. The predicted molar refractivity (Wildman–Crippen MR) is 91.9 cm³/mol. The van der Waals surface area contributed by atoms with Crippen molar-refractivity contribution in [1.29, 1.82) is 0 Å². The molecule has 1 aromatic rings. The number of amides is 1. The van der Waals surface area contributed by atoms with Gasteiger partial charge in [0.25, 0.3) is 0 Å². The topological polar surface area (TPSA) is 60.9 Å². The molecule has 1 unspecified atom stereocenters. The van der Waals surface area contributed by atoms with Crippen molar-refractivity contribution in [1.82, 2.24) is 9.80 Å². The van der Waals surface area contributed by atoms with E-state index in [0.717, 1.165) is 17.0 Å². The number of carboxylic acids is 1. The minimum Gasteiger partial charge on any atom is -0.481 e. The van der Waals surface area contributed by atoms with Crippen LogP contribution in [-0.4, -0.2) is 59.6 Å². The van der Waals surface area contributed by atoms with Crippen molar-refractivity contribution in [3.63, 3.8) is 0 Å². The third kappa shape index (κ3) is 5.32. The van der Waals surface area contributed by atoms with Crippen LogP contribution in [0.3, 0.4) is 0 Å². The number of rotatable bonds is 5. The zero-order valence-electron chi connectivity index (χ0n) is 15.0. The first kappa shape index (κ1) is 24.1. The van der Waals surface area contributed by atoms with Gasteiger partial charge in [0.15, 0.2) is 11.6 Å². The van der Waals surface area contributed by atoms with Crippen LogP contribution in [0.25, 0.3) is 0 Å². The molecule has 0 saturated carbocycles. The van der Waals surface area contributed by atoms with Crippen LogP contribution in [0.5, 0.6) is 0 Å². The molecule has 5 nitrogen and oxygen atoms in total. The number of aliphatic carboxylic acids is 1. The van der Waals surface area contributed by atoms with Gasteiger partial charge in [-0.05, 0) is 24.6 Å². The molecule has 0 aromatic heterocycles. The van der Waals surface area contributed by atoms with Crippen LogP contribution < -0.4 is 0 Å². The summed E-state index contributed by atoms with van der Waals surface area (Å²) in [5.74, 6) is -7.90. The van der Waals surface area contributed by atoms with Gasteiger partial charge in [-0.15, -0.1) is 12.4 Å². The molecular weight excluding hydrogens is 411 g/mol. The molecule has 2 rings (SSSR count). The van der Waals surface area contributed by atoms with Crippen molar-refractivity contribution in [3.8, 4) is 0 Å². The maximum absolute atomic E-state index is 13.4. The Balaban J connectivity index is 0.00000392. The fraction of sp³-hybridized carbons (Fsp3) is 0.529. The second kappa shape index (κ2) is 9.04. The summed E-state index contributed by atoms with van der Waals surface area (Å²) in [6, 6.07) is 2.53. The van der Waals surface area contributed by atoms with Crippen LogP contribution in [0.2, 0.25) is 0 Å². The number of benzene rings is 1. The molecule has 1 fully saturated rings. The summed E-state index contributed by atoms with van der Waals surface area (Å²) in [6.07, 6.45) is -4.67. The minimum atomic E-state index is -4.67. The van der Waals surface area contributed by atoms with Crippen LogP contribution in [0, 0.1) is 23.5 Å². The smallest absolute Gasteiger partial charge is 0.393 e. The third-order valence-corrected chi connectivity index (χ3v) is 4.89. The van der Waals surface area contributed by atoms with E-state index in [4.69, 9.17) is 5.11 Å². The number of hydrogen-bond donors (Lipinski definition) is 1. The van der Waals surface area contributed by atoms with Gasteiger partial charge in [-0.1, -0.05) is 6.07 Å². The van der Waals surface area contributed by atoms with E-state index in [9.17, 15) is 31.5 Å². The average molecular weight is 431 g/mol. The number of halogens is 6. The van der Waals surface area contributed by atoms with Gasteiger partial charge in [0, 0.05) is 20.1 Å². The largest absolute Gasteiger partial charge is 0.481 e. The van der Waals surface area contributed by atoms with E-state index in [-0.39, 0.29) is 12.4 Å². The number of likely N-dealkylation sites (tertiary alicyclic amines) is 1. The summed E-state index contributed by atoms with van der Waals surface area (Å²) in [5.41, 5.74) is 0.322. The van der Waals surface area contributed by atoms with Crippen LogP contribution in [0.15, 0.2) is 18.2 Å². The number of carbonyl (C=O) groups is 2. The maximum atomic E-state index is 13.4. The Morgan fingerprint density at radius 1 is 1.25 bits per heavy atom. The van der Waals surface area contributed by atoms with E-state index in [2.05, 4.69) is 0 Å². The Morgan fingerprint density at radius 2 is 1.86 bits per heavy atom. The molecule has 0 bridgehead atoms. The Labute approximate surface area is 164 Å². The Bertz CT molecular complexity index is 731. The Morgan fingerprint density at radius 3 is 2.32 bits per heavy atom. The van der Waals surface area contributed by atoms with Gasteiger partial charge in [0.2, 0.25) is 5.91 Å². The average Bonchev–Trinajstić information content (AvgIpc) is 3.00. The van der Waals surface area contributed by atoms with Gasteiger partial charge < -0.3 is 10.0 Å². The molecule has 11 heteroatoms. The molecule has 1 aromatic carbocycles. The highest BCUT2D eigenvalue weighted by Gasteiger charge is 2.52. The molecule has 3 atom stereocenters. The first-order valence-electron chi connectivity index (χ1n) is 8.14. The van der Waals surface area contributed by atoms with Crippen molar-refractivity contribution in [3.05, 3.63) is 35.4 Å². The SMILES string of the molecule is CC(c1ccc(F)c(F)c1)N(C)C(=O)CN1C[C@@H](C(F)(F)F)[C@H](C(=O)O)C1.Cl. The lowest BCUT2D eigenvalue weighted by atomic mass is 9.96. The second-order valence-corrected chi connectivity index (χ2v) is 6.64. The molecule has 1 saturated heterocycles. The van der Waals surface area contributed by atoms with E-state index in [1.807, 2.05) is 0 Å². The highest BCUT2D eigenvalue weighted by Crippen LogP contribution is 2.37. The van der Waals surface area contributed by atoms with Crippen LogP contribution >= 0.6 is 12.4 Å². The molecule has 158 valence electrons. The maximum Gasteiger partial charge on any atom is 0.393 e. The lowest BCUT2D eigenvalue weighted by Crippen LogP contribution is -2.39. The highest BCUT2D eigenvalue weighted by atomic mass is 35.5. The predicted octanol–water partition coefficient (Wildman–Crippen LogP) is 3.10. The normalized spacial score (nSPS) is 21.1. The zero-order chi connectivity index (χ0) is 20.5. The van der Waals surface area contributed by atoms with E-state index in [1.165, 1.54) is 18.0 Å². The molecule has 28 heavy (non-hydrogen) atoms. The number of carboxylic acid groups (broad SMARTS) is 1. The molecule has 1 amide bonds. The minimum absolute atomic E-state index is 0. The standard InChI is InChI=1S/C17H19F5N2O3.ClH/c1-9(10-3-4-13(18)14(19)5-10)23(2)15(25)8-24-6-11(16(26)27)12(7-24)17(20,21)22;/h3-5,9,11-12H,6-8H2,1-2H3,(H,26,27);1H/t9?,11-,12-;/m1./s1. The highest BCUT2D eigenvalue weighted by molar-refractivity contribution is 5.85. The van der Waals surface area contributed by atoms with Crippen molar-refractivity contribution in [2.45, 2.75) is 19.1 Å². The monoisotopic (exact) mass is 430 g/mol. The molecule has 1 aliphatic rings. The van der Waals surface area contributed by atoms with Gasteiger partial charge >= 0.3 is 12.1 Å². The van der Waals surface area contributed by atoms with Gasteiger partial charge in [0.05, 0.1) is 24.4 Å². The number of nitrogens with zero attached hydrogens (tertiary/aromatic N) is 2. The summed E-state index contributed by atoms with van der Waals surface area (Å²) >= 11 is 0. The summed E-state index contributed by atoms with van der Waals surface area (Å²) in [6.45, 7) is 0.187. The van der Waals surface area contributed by atoms with E-state index >= 15 is 0 Å². The van der Waals surface area contributed by atoms with Crippen molar-refractivity contribution in [2.75, 3.05) is 26.7 Å². The molecule has 1 aliphatic heterocycles. The van der Waals surface area contributed by atoms with Gasteiger partial charge in [-0.25, -0.2) is 8.78 Å². The molecule has 0 spiro atoms.